The van der Waals surface area contributed by atoms with E-state index in [0.717, 1.165) is 18.5 Å². The van der Waals surface area contributed by atoms with Gasteiger partial charge in [0.25, 0.3) is 5.91 Å². The molecule has 1 aliphatic rings. The second-order valence-corrected chi connectivity index (χ2v) is 5.78. The van der Waals surface area contributed by atoms with Crippen LogP contribution in [-0.4, -0.2) is 39.2 Å². The summed E-state index contributed by atoms with van der Waals surface area (Å²) in [7, 11) is 0. The average Bonchev–Trinajstić information content (AvgIpc) is 2.98. The molecular formula is C17H20N2O2. The van der Waals surface area contributed by atoms with Gasteiger partial charge in [0.15, 0.2) is 0 Å². The number of β-amino-alcohol motifs (C(OH)–C–C–N with tert-alkyl or cyclic N) is 1. The predicted octanol–water partition coefficient (Wildman–Crippen LogP) is 2.46. The number of aromatic nitrogens is 1. The maximum absolute atomic E-state index is 12.4. The van der Waals surface area contributed by atoms with Gasteiger partial charge in [0.05, 0.1) is 18.7 Å². The summed E-state index contributed by atoms with van der Waals surface area (Å²) in [5.74, 6) is -0.00946. The number of carbonyl (C=O) groups is 1. The molecule has 1 N–H and O–H groups in total. The van der Waals surface area contributed by atoms with E-state index in [0.29, 0.717) is 18.7 Å². The van der Waals surface area contributed by atoms with Gasteiger partial charge in [-0.15, -0.1) is 0 Å². The van der Waals surface area contributed by atoms with Crippen molar-refractivity contribution in [2.45, 2.75) is 25.4 Å². The number of carbonyl (C=O) groups excluding carboxylic acids is 1. The first-order chi connectivity index (χ1) is 10.1. The first-order valence-corrected chi connectivity index (χ1v) is 7.36. The van der Waals surface area contributed by atoms with Crippen LogP contribution in [0.25, 0.3) is 5.69 Å². The number of likely N-dealkylation sites (tertiary alicyclic amines) is 1. The van der Waals surface area contributed by atoms with Crippen LogP contribution in [0.1, 0.15) is 30.1 Å². The normalized spacial score (nSPS) is 16.6. The Kier molecular flexibility index (Phi) is 3.55. The van der Waals surface area contributed by atoms with Gasteiger partial charge in [-0.3, -0.25) is 4.79 Å². The molecule has 2 heterocycles. The third-order valence-electron chi connectivity index (χ3n) is 3.97. The average molecular weight is 284 g/mol. The van der Waals surface area contributed by atoms with Crippen molar-refractivity contribution in [3.8, 4) is 5.69 Å². The largest absolute Gasteiger partial charge is 0.386 e. The van der Waals surface area contributed by atoms with Crippen molar-refractivity contribution < 1.29 is 9.90 Å². The molecule has 1 amide bonds. The van der Waals surface area contributed by atoms with E-state index < -0.39 is 5.60 Å². The first kappa shape index (κ1) is 13.9. The second-order valence-electron chi connectivity index (χ2n) is 5.78. The lowest BCUT2D eigenvalue weighted by Gasteiger charge is -2.46. The van der Waals surface area contributed by atoms with Crippen molar-refractivity contribution >= 4 is 5.91 Å². The van der Waals surface area contributed by atoms with Crippen LogP contribution in [0.2, 0.25) is 0 Å². The zero-order chi connectivity index (χ0) is 14.9. The molecule has 1 aromatic heterocycles. The molecule has 4 nitrogen and oxygen atoms in total. The van der Waals surface area contributed by atoms with Crippen LogP contribution in [0.4, 0.5) is 0 Å². The number of rotatable bonds is 4. The van der Waals surface area contributed by atoms with E-state index in [1.165, 1.54) is 0 Å². The third-order valence-corrected chi connectivity index (χ3v) is 3.97. The van der Waals surface area contributed by atoms with Crippen LogP contribution >= 0.6 is 0 Å². The number of nitrogens with zero attached hydrogens (tertiary/aromatic N) is 2. The lowest BCUT2D eigenvalue weighted by Crippen LogP contribution is -2.63. The highest BCUT2D eigenvalue weighted by molar-refractivity contribution is 5.95. The van der Waals surface area contributed by atoms with Gasteiger partial charge in [0, 0.05) is 23.6 Å². The fraction of sp³-hybridized carbons (Fsp3) is 0.353. The molecule has 0 unspecified atom stereocenters. The van der Waals surface area contributed by atoms with Gasteiger partial charge in [-0.2, -0.15) is 0 Å². The molecule has 1 saturated heterocycles. The Balaban J connectivity index is 1.73. The monoisotopic (exact) mass is 284 g/mol. The van der Waals surface area contributed by atoms with E-state index in [1.54, 1.807) is 4.90 Å². The summed E-state index contributed by atoms with van der Waals surface area (Å²) in [4.78, 5) is 14.2. The molecule has 0 bridgehead atoms. The summed E-state index contributed by atoms with van der Waals surface area (Å²) in [5.41, 5.74) is 0.956. The number of hydrogen-bond acceptors (Lipinski definition) is 2. The highest BCUT2D eigenvalue weighted by Gasteiger charge is 2.42. The minimum Gasteiger partial charge on any atom is -0.386 e. The summed E-state index contributed by atoms with van der Waals surface area (Å²) in [5, 5.41) is 10.2. The SMILES string of the molecule is CCCC1(O)CN(C(=O)c2cccc(-n3cccc3)c2)C1. The third kappa shape index (κ3) is 2.72. The Morgan fingerprint density at radius 1 is 1.24 bits per heavy atom. The van der Waals surface area contributed by atoms with Gasteiger partial charge >= 0.3 is 0 Å². The highest BCUT2D eigenvalue weighted by atomic mass is 16.3. The van der Waals surface area contributed by atoms with E-state index in [1.807, 2.05) is 60.3 Å². The van der Waals surface area contributed by atoms with Crippen LogP contribution in [-0.2, 0) is 0 Å². The molecule has 110 valence electrons. The number of amides is 1. The van der Waals surface area contributed by atoms with Crippen LogP contribution in [0.5, 0.6) is 0 Å². The molecule has 1 aromatic carbocycles. The molecule has 2 aromatic rings. The lowest BCUT2D eigenvalue weighted by atomic mass is 9.89. The summed E-state index contributed by atoms with van der Waals surface area (Å²) >= 11 is 0. The zero-order valence-corrected chi connectivity index (χ0v) is 12.2. The maximum Gasteiger partial charge on any atom is 0.254 e. The molecule has 0 saturated carbocycles. The molecule has 0 atom stereocenters. The van der Waals surface area contributed by atoms with E-state index in [4.69, 9.17) is 0 Å². The molecule has 1 fully saturated rings. The van der Waals surface area contributed by atoms with Crippen molar-refractivity contribution in [2.75, 3.05) is 13.1 Å². The smallest absolute Gasteiger partial charge is 0.254 e. The number of benzene rings is 1. The van der Waals surface area contributed by atoms with E-state index in [2.05, 4.69) is 0 Å². The highest BCUT2D eigenvalue weighted by Crippen LogP contribution is 2.27. The molecule has 0 spiro atoms. The van der Waals surface area contributed by atoms with Crippen molar-refractivity contribution in [1.29, 1.82) is 0 Å². The summed E-state index contributed by atoms with van der Waals surface area (Å²) in [6.07, 6.45) is 5.59. The van der Waals surface area contributed by atoms with E-state index in [9.17, 15) is 9.90 Å². The maximum atomic E-state index is 12.4. The minimum atomic E-state index is -0.678. The van der Waals surface area contributed by atoms with E-state index in [-0.39, 0.29) is 5.91 Å². The molecule has 0 radical (unpaired) electrons. The van der Waals surface area contributed by atoms with Gasteiger partial charge in [-0.25, -0.2) is 0 Å². The number of hydrogen-bond donors (Lipinski definition) is 1. The summed E-state index contributed by atoms with van der Waals surface area (Å²) in [6, 6.07) is 11.5. The van der Waals surface area contributed by atoms with Gasteiger partial charge in [0.2, 0.25) is 0 Å². The zero-order valence-electron chi connectivity index (χ0n) is 12.2. The Morgan fingerprint density at radius 2 is 1.95 bits per heavy atom. The first-order valence-electron chi connectivity index (χ1n) is 7.36. The van der Waals surface area contributed by atoms with Gasteiger partial charge in [-0.05, 0) is 36.8 Å². The summed E-state index contributed by atoms with van der Waals surface area (Å²) in [6.45, 7) is 2.92. The topological polar surface area (TPSA) is 45.5 Å². The predicted molar refractivity (Wildman–Crippen MR) is 81.5 cm³/mol. The Labute approximate surface area is 124 Å². The fourth-order valence-corrected chi connectivity index (χ4v) is 2.92. The van der Waals surface area contributed by atoms with Gasteiger partial charge in [-0.1, -0.05) is 19.4 Å². The Hall–Kier alpha value is -2.07. The minimum absolute atomic E-state index is 0.00946. The van der Waals surface area contributed by atoms with E-state index >= 15 is 0 Å². The van der Waals surface area contributed by atoms with Crippen LogP contribution in [0.15, 0.2) is 48.8 Å². The van der Waals surface area contributed by atoms with Crippen molar-refractivity contribution in [1.82, 2.24) is 9.47 Å². The van der Waals surface area contributed by atoms with Gasteiger partial charge in [0.1, 0.15) is 0 Å². The molecule has 0 aliphatic carbocycles. The van der Waals surface area contributed by atoms with Crippen molar-refractivity contribution in [3.63, 3.8) is 0 Å². The van der Waals surface area contributed by atoms with Crippen LogP contribution in [0, 0.1) is 0 Å². The van der Waals surface area contributed by atoms with Crippen LogP contribution in [0.3, 0.4) is 0 Å². The molecular weight excluding hydrogens is 264 g/mol. The quantitative estimate of drug-likeness (QED) is 0.937. The molecule has 4 heteroatoms. The summed E-state index contributed by atoms with van der Waals surface area (Å²) < 4.78 is 1.97. The lowest BCUT2D eigenvalue weighted by molar-refractivity contribution is -0.0860. The number of aliphatic hydroxyl groups is 1. The Bertz CT molecular complexity index is 628. The fourth-order valence-electron chi connectivity index (χ4n) is 2.92. The second kappa shape index (κ2) is 5.37. The van der Waals surface area contributed by atoms with Crippen molar-refractivity contribution in [3.05, 3.63) is 54.4 Å². The van der Waals surface area contributed by atoms with Crippen molar-refractivity contribution in [2.24, 2.45) is 0 Å². The standard InChI is InChI=1S/C17H20N2O2/c1-2-8-17(21)12-19(13-17)16(20)14-6-5-7-15(11-14)18-9-3-4-10-18/h3-7,9-11,21H,2,8,12-13H2,1H3. The van der Waals surface area contributed by atoms with Crippen LogP contribution < -0.4 is 0 Å². The molecule has 21 heavy (non-hydrogen) atoms. The Morgan fingerprint density at radius 3 is 2.62 bits per heavy atom. The molecule has 3 rings (SSSR count). The van der Waals surface area contributed by atoms with Gasteiger partial charge < -0.3 is 14.6 Å². The molecule has 1 aliphatic heterocycles.